The summed E-state index contributed by atoms with van der Waals surface area (Å²) in [4.78, 5) is 12.3. The number of nitrogens with zero attached hydrogens (tertiary/aromatic N) is 3. The third kappa shape index (κ3) is 2.63. The second-order valence-corrected chi connectivity index (χ2v) is 5.44. The van der Waals surface area contributed by atoms with E-state index in [4.69, 9.17) is 23.2 Å². The largest absolute Gasteiger partial charge is 0.365 e. The first-order chi connectivity index (χ1) is 9.24. The van der Waals surface area contributed by atoms with Crippen molar-refractivity contribution in [3.05, 3.63) is 45.8 Å². The third-order valence-electron chi connectivity index (χ3n) is 2.55. The number of aromatic nitrogens is 3. The lowest BCUT2D eigenvalue weighted by Crippen LogP contribution is -2.02. The standard InChI is InChI=1S/C12H8Cl2N4S/c13-8-6-19-10-9(8)17-12(14)18-11(10)16-5-7-1-3-15-4-2-7/h1-4,6H,5H2,(H,16,17,18). The minimum Gasteiger partial charge on any atom is -0.365 e. The first-order valence-corrected chi connectivity index (χ1v) is 7.10. The number of pyridine rings is 1. The van der Waals surface area contributed by atoms with E-state index in [1.165, 1.54) is 11.3 Å². The van der Waals surface area contributed by atoms with E-state index in [2.05, 4.69) is 20.3 Å². The number of rotatable bonds is 3. The highest BCUT2D eigenvalue weighted by Gasteiger charge is 2.11. The molecule has 4 nitrogen and oxygen atoms in total. The molecular formula is C12H8Cl2N4S. The van der Waals surface area contributed by atoms with Crippen LogP contribution in [0.4, 0.5) is 5.82 Å². The number of thiophene rings is 1. The SMILES string of the molecule is Clc1nc(NCc2ccncc2)c2scc(Cl)c2n1. The summed E-state index contributed by atoms with van der Waals surface area (Å²) in [6.07, 6.45) is 3.50. The van der Waals surface area contributed by atoms with Crippen LogP contribution in [0.2, 0.25) is 10.3 Å². The molecule has 0 atom stereocenters. The molecular weight excluding hydrogens is 303 g/mol. The van der Waals surface area contributed by atoms with Crippen LogP contribution in [0.1, 0.15) is 5.56 Å². The minimum absolute atomic E-state index is 0.185. The van der Waals surface area contributed by atoms with Crippen LogP contribution in [0.15, 0.2) is 29.9 Å². The zero-order chi connectivity index (χ0) is 13.2. The average Bonchev–Trinajstić information content (AvgIpc) is 2.79. The Morgan fingerprint density at radius 2 is 1.95 bits per heavy atom. The first kappa shape index (κ1) is 12.6. The Hall–Kier alpha value is -1.43. The van der Waals surface area contributed by atoms with E-state index in [9.17, 15) is 0 Å². The van der Waals surface area contributed by atoms with Crippen LogP contribution in [0.5, 0.6) is 0 Å². The van der Waals surface area contributed by atoms with Gasteiger partial charge in [-0.2, -0.15) is 4.98 Å². The van der Waals surface area contributed by atoms with E-state index < -0.39 is 0 Å². The summed E-state index contributed by atoms with van der Waals surface area (Å²) in [6.45, 7) is 0.639. The van der Waals surface area contributed by atoms with Crippen LogP contribution in [-0.2, 0) is 6.54 Å². The van der Waals surface area contributed by atoms with Gasteiger partial charge in [-0.25, -0.2) is 4.98 Å². The topological polar surface area (TPSA) is 50.7 Å². The summed E-state index contributed by atoms with van der Waals surface area (Å²) in [6, 6.07) is 3.88. The third-order valence-corrected chi connectivity index (χ3v) is 4.12. The van der Waals surface area contributed by atoms with E-state index >= 15 is 0 Å². The Bertz CT molecular complexity index is 714. The van der Waals surface area contributed by atoms with Crippen molar-refractivity contribution >= 4 is 50.6 Å². The fourth-order valence-corrected chi connectivity index (χ4v) is 2.99. The lowest BCUT2D eigenvalue weighted by atomic mass is 10.3. The van der Waals surface area contributed by atoms with Gasteiger partial charge in [0.25, 0.3) is 0 Å². The number of anilines is 1. The lowest BCUT2D eigenvalue weighted by molar-refractivity contribution is 1.09. The number of nitrogens with one attached hydrogen (secondary N) is 1. The van der Waals surface area contributed by atoms with Crippen LogP contribution in [0.3, 0.4) is 0 Å². The molecule has 0 saturated heterocycles. The fraction of sp³-hybridized carbons (Fsp3) is 0.0833. The van der Waals surface area contributed by atoms with Crippen molar-refractivity contribution < 1.29 is 0 Å². The van der Waals surface area contributed by atoms with Crippen molar-refractivity contribution in [3.8, 4) is 0 Å². The van der Waals surface area contributed by atoms with Gasteiger partial charge < -0.3 is 5.32 Å². The quantitative estimate of drug-likeness (QED) is 0.743. The molecule has 19 heavy (non-hydrogen) atoms. The van der Waals surface area contributed by atoms with Gasteiger partial charge in [0.05, 0.1) is 9.72 Å². The Kier molecular flexibility index (Phi) is 3.50. The monoisotopic (exact) mass is 310 g/mol. The second-order valence-electron chi connectivity index (χ2n) is 3.81. The molecule has 0 unspecified atom stereocenters. The number of fused-ring (bicyclic) bond motifs is 1. The van der Waals surface area contributed by atoms with E-state index in [0.717, 1.165) is 10.3 Å². The van der Waals surface area contributed by atoms with Crippen molar-refractivity contribution in [1.82, 2.24) is 15.0 Å². The zero-order valence-corrected chi connectivity index (χ0v) is 11.9. The fourth-order valence-electron chi connectivity index (χ4n) is 1.67. The van der Waals surface area contributed by atoms with Crippen LogP contribution in [0.25, 0.3) is 10.2 Å². The molecule has 0 aliphatic carbocycles. The highest BCUT2D eigenvalue weighted by Crippen LogP contribution is 2.33. The number of hydrogen-bond donors (Lipinski definition) is 1. The van der Waals surface area contributed by atoms with Gasteiger partial charge in [0, 0.05) is 24.3 Å². The van der Waals surface area contributed by atoms with Crippen molar-refractivity contribution in [2.75, 3.05) is 5.32 Å². The molecule has 0 aromatic carbocycles. The van der Waals surface area contributed by atoms with Crippen LogP contribution in [-0.4, -0.2) is 15.0 Å². The molecule has 0 radical (unpaired) electrons. The molecule has 1 N–H and O–H groups in total. The number of halogens is 2. The van der Waals surface area contributed by atoms with Crippen molar-refractivity contribution in [2.24, 2.45) is 0 Å². The van der Waals surface area contributed by atoms with Crippen LogP contribution >= 0.6 is 34.5 Å². The predicted molar refractivity (Wildman–Crippen MR) is 79.0 cm³/mol. The van der Waals surface area contributed by atoms with Gasteiger partial charge in [-0.05, 0) is 29.3 Å². The van der Waals surface area contributed by atoms with Crippen molar-refractivity contribution in [3.63, 3.8) is 0 Å². The second kappa shape index (κ2) is 5.28. The molecule has 0 bridgehead atoms. The van der Waals surface area contributed by atoms with Crippen molar-refractivity contribution in [2.45, 2.75) is 6.54 Å². The normalized spacial score (nSPS) is 10.8. The Labute approximate surface area is 123 Å². The maximum absolute atomic E-state index is 6.06. The summed E-state index contributed by atoms with van der Waals surface area (Å²) in [5.74, 6) is 0.698. The van der Waals surface area contributed by atoms with Gasteiger partial charge >= 0.3 is 0 Å². The van der Waals surface area contributed by atoms with Crippen LogP contribution < -0.4 is 5.32 Å². The summed E-state index contributed by atoms with van der Waals surface area (Å²) in [7, 11) is 0. The van der Waals surface area contributed by atoms with Gasteiger partial charge in [-0.3, -0.25) is 4.98 Å². The van der Waals surface area contributed by atoms with E-state index in [1.807, 2.05) is 17.5 Å². The van der Waals surface area contributed by atoms with Gasteiger partial charge in [0.1, 0.15) is 11.3 Å². The molecule has 0 aliphatic rings. The summed E-state index contributed by atoms with van der Waals surface area (Å²) < 4.78 is 0.906. The Balaban J connectivity index is 1.92. The van der Waals surface area contributed by atoms with Gasteiger partial charge in [0.2, 0.25) is 5.28 Å². The summed E-state index contributed by atoms with van der Waals surface area (Å²) >= 11 is 13.5. The highest BCUT2D eigenvalue weighted by atomic mass is 35.5. The van der Waals surface area contributed by atoms with E-state index in [1.54, 1.807) is 12.4 Å². The molecule has 0 fully saturated rings. The molecule has 96 valence electrons. The van der Waals surface area contributed by atoms with E-state index in [-0.39, 0.29) is 5.28 Å². The first-order valence-electron chi connectivity index (χ1n) is 5.47. The van der Waals surface area contributed by atoms with Crippen LogP contribution in [0, 0.1) is 0 Å². The van der Waals surface area contributed by atoms with Gasteiger partial charge in [0.15, 0.2) is 0 Å². The molecule has 0 spiro atoms. The predicted octanol–water partition coefficient (Wildman–Crippen LogP) is 4.01. The maximum atomic E-state index is 6.06. The highest BCUT2D eigenvalue weighted by molar-refractivity contribution is 7.18. The molecule has 3 rings (SSSR count). The van der Waals surface area contributed by atoms with Crippen molar-refractivity contribution in [1.29, 1.82) is 0 Å². The minimum atomic E-state index is 0.185. The molecule has 7 heteroatoms. The smallest absolute Gasteiger partial charge is 0.225 e. The maximum Gasteiger partial charge on any atom is 0.225 e. The van der Waals surface area contributed by atoms with Gasteiger partial charge in [-0.15, -0.1) is 11.3 Å². The molecule has 0 aliphatic heterocycles. The zero-order valence-electron chi connectivity index (χ0n) is 9.60. The average molecular weight is 311 g/mol. The molecule has 0 amide bonds. The lowest BCUT2D eigenvalue weighted by Gasteiger charge is -2.06. The number of hydrogen-bond acceptors (Lipinski definition) is 5. The summed E-state index contributed by atoms with van der Waals surface area (Å²) in [5.41, 5.74) is 1.80. The van der Waals surface area contributed by atoms with Gasteiger partial charge in [-0.1, -0.05) is 11.6 Å². The Morgan fingerprint density at radius 3 is 2.74 bits per heavy atom. The molecule has 0 saturated carbocycles. The molecule has 3 aromatic heterocycles. The molecule has 3 heterocycles. The summed E-state index contributed by atoms with van der Waals surface area (Å²) in [5, 5.41) is 5.85. The molecule has 3 aromatic rings. The Morgan fingerprint density at radius 1 is 1.16 bits per heavy atom. The van der Waals surface area contributed by atoms with E-state index in [0.29, 0.717) is 22.9 Å².